The van der Waals surface area contributed by atoms with Crippen molar-refractivity contribution < 1.29 is 4.79 Å². The Morgan fingerprint density at radius 2 is 2.33 bits per heavy atom. The minimum Gasteiger partial charge on any atom is -0.355 e. The highest BCUT2D eigenvalue weighted by molar-refractivity contribution is 7.99. The summed E-state index contributed by atoms with van der Waals surface area (Å²) in [6.07, 6.45) is 12.5. The number of hydrogen-bond donors (Lipinski definition) is 1. The zero-order valence-electron chi connectivity index (χ0n) is 12.3. The molecule has 1 heterocycles. The van der Waals surface area contributed by atoms with E-state index in [4.69, 9.17) is 0 Å². The maximum absolute atomic E-state index is 11.9. The minimum atomic E-state index is 0.0850. The van der Waals surface area contributed by atoms with Crippen LogP contribution >= 0.6 is 11.8 Å². The molecule has 0 radical (unpaired) electrons. The molecule has 2 aliphatic carbocycles. The molecule has 1 fully saturated rings. The summed E-state index contributed by atoms with van der Waals surface area (Å²) in [6.45, 7) is 0.751. The van der Waals surface area contributed by atoms with Crippen LogP contribution in [0.5, 0.6) is 0 Å². The molecule has 0 aromatic carbocycles. The molecule has 5 nitrogen and oxygen atoms in total. The lowest BCUT2D eigenvalue weighted by Gasteiger charge is -2.12. The van der Waals surface area contributed by atoms with Crippen LogP contribution in [0.25, 0.3) is 0 Å². The summed E-state index contributed by atoms with van der Waals surface area (Å²) < 4.78 is 2.09. The van der Waals surface area contributed by atoms with Crippen LogP contribution in [0.1, 0.15) is 51.0 Å². The summed E-state index contributed by atoms with van der Waals surface area (Å²) in [7, 11) is 0. The van der Waals surface area contributed by atoms with Gasteiger partial charge < -0.3 is 9.88 Å². The minimum absolute atomic E-state index is 0.0850. The second-order valence-electron chi connectivity index (χ2n) is 5.75. The summed E-state index contributed by atoms with van der Waals surface area (Å²) in [5.74, 6) is 0.506. The Bertz CT molecular complexity index is 521. The van der Waals surface area contributed by atoms with Gasteiger partial charge in [-0.1, -0.05) is 23.4 Å². The lowest BCUT2D eigenvalue weighted by molar-refractivity contribution is -0.118. The largest absolute Gasteiger partial charge is 0.355 e. The third-order valence-corrected chi connectivity index (χ3v) is 4.92. The van der Waals surface area contributed by atoms with Crippen molar-refractivity contribution in [3.05, 3.63) is 18.0 Å². The van der Waals surface area contributed by atoms with Crippen molar-refractivity contribution in [3.8, 4) is 0 Å². The second-order valence-corrected chi connectivity index (χ2v) is 6.69. The molecule has 2 aliphatic rings. The molecule has 0 aliphatic heterocycles. The number of allylic oxidation sites excluding steroid dienone is 1. The molecule has 1 aromatic heterocycles. The number of nitrogens with zero attached hydrogens (tertiary/aromatic N) is 3. The van der Waals surface area contributed by atoms with E-state index < -0.39 is 0 Å². The third kappa shape index (κ3) is 4.33. The highest BCUT2D eigenvalue weighted by Gasteiger charge is 2.26. The molecule has 0 saturated heterocycles. The van der Waals surface area contributed by atoms with E-state index in [1.54, 1.807) is 6.33 Å². The number of hydrogen-bond acceptors (Lipinski definition) is 4. The van der Waals surface area contributed by atoms with Gasteiger partial charge in [0.25, 0.3) is 0 Å². The Hall–Kier alpha value is -1.30. The van der Waals surface area contributed by atoms with Gasteiger partial charge in [-0.3, -0.25) is 4.79 Å². The Labute approximate surface area is 129 Å². The van der Waals surface area contributed by atoms with Crippen molar-refractivity contribution in [3.63, 3.8) is 0 Å². The fraction of sp³-hybridized carbons (Fsp3) is 0.667. The van der Waals surface area contributed by atoms with E-state index >= 15 is 0 Å². The van der Waals surface area contributed by atoms with Crippen LogP contribution < -0.4 is 5.32 Å². The first kappa shape index (κ1) is 14.6. The van der Waals surface area contributed by atoms with Gasteiger partial charge in [0.1, 0.15) is 6.33 Å². The van der Waals surface area contributed by atoms with Crippen molar-refractivity contribution in [2.45, 2.75) is 56.1 Å². The Morgan fingerprint density at radius 3 is 3.10 bits per heavy atom. The molecule has 0 atom stereocenters. The highest BCUT2D eigenvalue weighted by atomic mass is 32.2. The quantitative estimate of drug-likeness (QED) is 0.621. The van der Waals surface area contributed by atoms with Gasteiger partial charge in [-0.25, -0.2) is 0 Å². The van der Waals surface area contributed by atoms with E-state index in [0.717, 1.165) is 18.1 Å². The van der Waals surface area contributed by atoms with Gasteiger partial charge in [-0.15, -0.1) is 10.2 Å². The first-order valence-electron chi connectivity index (χ1n) is 7.80. The first-order chi connectivity index (χ1) is 10.3. The molecule has 1 aromatic rings. The lowest BCUT2D eigenvalue weighted by atomic mass is 9.97. The number of aromatic nitrogens is 3. The molecule has 21 heavy (non-hydrogen) atoms. The molecule has 3 rings (SSSR count). The van der Waals surface area contributed by atoms with E-state index in [-0.39, 0.29) is 5.91 Å². The third-order valence-electron chi connectivity index (χ3n) is 3.97. The van der Waals surface area contributed by atoms with Crippen molar-refractivity contribution in [2.75, 3.05) is 12.3 Å². The summed E-state index contributed by atoms with van der Waals surface area (Å²) in [6, 6.07) is 0.559. The first-order valence-corrected chi connectivity index (χ1v) is 8.78. The van der Waals surface area contributed by atoms with Crippen molar-refractivity contribution in [1.29, 1.82) is 0 Å². The van der Waals surface area contributed by atoms with Crippen LogP contribution in [0, 0.1) is 0 Å². The summed E-state index contributed by atoms with van der Waals surface area (Å²) in [5, 5.41) is 11.9. The molecule has 1 saturated carbocycles. The van der Waals surface area contributed by atoms with Gasteiger partial charge in [0.05, 0.1) is 5.75 Å². The average molecular weight is 306 g/mol. The Balaban J connectivity index is 1.36. The molecular weight excluding hydrogens is 284 g/mol. The topological polar surface area (TPSA) is 59.8 Å². The van der Waals surface area contributed by atoms with Gasteiger partial charge in [-0.05, 0) is 44.9 Å². The molecule has 0 bridgehead atoms. The Morgan fingerprint density at radius 1 is 1.43 bits per heavy atom. The van der Waals surface area contributed by atoms with Crippen LogP contribution in [0.4, 0.5) is 0 Å². The SMILES string of the molecule is O=C(CSc1nncn1C1CC1)NCCC1=CCCCC1. The normalized spacial score (nSPS) is 18.4. The van der Waals surface area contributed by atoms with E-state index in [1.807, 2.05) is 0 Å². The van der Waals surface area contributed by atoms with Crippen molar-refractivity contribution >= 4 is 17.7 Å². The van der Waals surface area contributed by atoms with Gasteiger partial charge in [0.2, 0.25) is 5.91 Å². The predicted octanol–water partition coefficient (Wildman–Crippen LogP) is 2.71. The smallest absolute Gasteiger partial charge is 0.230 e. The maximum Gasteiger partial charge on any atom is 0.230 e. The number of carbonyl (C=O) groups is 1. The average Bonchev–Trinajstić information content (AvgIpc) is 3.25. The van der Waals surface area contributed by atoms with E-state index in [9.17, 15) is 4.79 Å². The van der Waals surface area contributed by atoms with Gasteiger partial charge in [-0.2, -0.15) is 0 Å². The summed E-state index contributed by atoms with van der Waals surface area (Å²) in [4.78, 5) is 11.9. The fourth-order valence-electron chi connectivity index (χ4n) is 2.61. The molecule has 114 valence electrons. The molecular formula is C15H22N4OS. The second kappa shape index (κ2) is 7.11. The molecule has 1 N–H and O–H groups in total. The van der Waals surface area contributed by atoms with Crippen molar-refractivity contribution in [2.24, 2.45) is 0 Å². The number of rotatable bonds is 7. The number of nitrogens with one attached hydrogen (secondary N) is 1. The standard InChI is InChI=1S/C15H22N4OS/c20-14(16-9-8-12-4-2-1-3-5-12)10-21-15-18-17-11-19(15)13-6-7-13/h4,11,13H,1-3,5-10H2,(H,16,20). The lowest BCUT2D eigenvalue weighted by Crippen LogP contribution is -2.26. The number of amides is 1. The maximum atomic E-state index is 11.9. The van der Waals surface area contributed by atoms with Crippen LogP contribution in [-0.4, -0.2) is 33.0 Å². The van der Waals surface area contributed by atoms with Gasteiger partial charge in [0, 0.05) is 12.6 Å². The number of carbonyl (C=O) groups excluding carboxylic acids is 1. The fourth-order valence-corrected chi connectivity index (χ4v) is 3.43. The summed E-state index contributed by atoms with van der Waals surface area (Å²) >= 11 is 1.48. The molecule has 1 amide bonds. The van der Waals surface area contributed by atoms with Gasteiger partial charge >= 0.3 is 0 Å². The molecule has 0 spiro atoms. The summed E-state index contributed by atoms with van der Waals surface area (Å²) in [5.41, 5.74) is 1.50. The van der Waals surface area contributed by atoms with Crippen LogP contribution in [-0.2, 0) is 4.79 Å². The zero-order chi connectivity index (χ0) is 14.5. The van der Waals surface area contributed by atoms with E-state index in [1.165, 1.54) is 55.9 Å². The Kier molecular flexibility index (Phi) is 4.95. The van der Waals surface area contributed by atoms with Crippen molar-refractivity contribution in [1.82, 2.24) is 20.1 Å². The van der Waals surface area contributed by atoms with E-state index in [0.29, 0.717) is 11.8 Å². The zero-order valence-corrected chi connectivity index (χ0v) is 13.1. The van der Waals surface area contributed by atoms with Gasteiger partial charge in [0.15, 0.2) is 5.16 Å². The molecule has 0 unspecified atom stereocenters. The van der Waals surface area contributed by atoms with Crippen LogP contribution in [0.2, 0.25) is 0 Å². The predicted molar refractivity (Wildman–Crippen MR) is 83.2 cm³/mol. The monoisotopic (exact) mass is 306 g/mol. The molecule has 6 heteroatoms. The highest BCUT2D eigenvalue weighted by Crippen LogP contribution is 2.37. The van der Waals surface area contributed by atoms with Crippen LogP contribution in [0.3, 0.4) is 0 Å². The van der Waals surface area contributed by atoms with E-state index in [2.05, 4.69) is 26.2 Å². The van der Waals surface area contributed by atoms with Crippen LogP contribution in [0.15, 0.2) is 23.1 Å². The number of thioether (sulfide) groups is 1.